The summed E-state index contributed by atoms with van der Waals surface area (Å²) in [4.78, 5) is 40.0. The molecule has 9 heteroatoms. The third-order valence-corrected chi connectivity index (χ3v) is 5.53. The first-order valence-electron chi connectivity index (χ1n) is 9.81. The van der Waals surface area contributed by atoms with Crippen molar-refractivity contribution >= 4 is 46.3 Å². The van der Waals surface area contributed by atoms with Gasteiger partial charge in [-0.05, 0) is 60.7 Å². The summed E-state index contributed by atoms with van der Waals surface area (Å²) in [5.74, 6) is -0.848. The van der Waals surface area contributed by atoms with Gasteiger partial charge in [-0.15, -0.1) is 0 Å². The lowest BCUT2D eigenvalue weighted by Crippen LogP contribution is -2.19. The van der Waals surface area contributed by atoms with Crippen molar-refractivity contribution in [3.8, 4) is 5.75 Å². The maximum atomic E-state index is 12.3. The van der Waals surface area contributed by atoms with Crippen LogP contribution in [-0.2, 0) is 4.79 Å². The van der Waals surface area contributed by atoms with Crippen LogP contribution in [0.3, 0.4) is 0 Å². The van der Waals surface area contributed by atoms with Crippen LogP contribution in [-0.4, -0.2) is 22.0 Å². The number of nitro groups is 1. The van der Waals surface area contributed by atoms with Gasteiger partial charge in [-0.1, -0.05) is 42.0 Å². The smallest absolute Gasteiger partial charge is 0.350 e. The minimum Gasteiger partial charge on any atom is -0.423 e. The molecule has 0 bridgehead atoms. The number of carbonyl (C=O) groups excluding carboxylic acids is 2. The molecule has 0 aliphatic carbocycles. The second-order valence-electron chi connectivity index (χ2n) is 7.05. The van der Waals surface area contributed by atoms with Gasteiger partial charge >= 0.3 is 5.97 Å². The van der Waals surface area contributed by atoms with E-state index in [4.69, 9.17) is 4.74 Å². The van der Waals surface area contributed by atoms with E-state index < -0.39 is 10.9 Å². The molecule has 3 aromatic rings. The lowest BCUT2D eigenvalue weighted by atomic mass is 10.2. The minimum absolute atomic E-state index is 0.131. The molecule has 164 valence electrons. The van der Waals surface area contributed by atoms with E-state index in [1.807, 2.05) is 31.2 Å². The van der Waals surface area contributed by atoms with Crippen molar-refractivity contribution < 1.29 is 19.2 Å². The quantitative estimate of drug-likeness (QED) is 0.189. The maximum Gasteiger partial charge on any atom is 0.350 e. The molecule has 1 heterocycles. The molecule has 0 atom stereocenters. The Morgan fingerprint density at radius 3 is 2.45 bits per heavy atom. The molecule has 0 radical (unpaired) electrons. The van der Waals surface area contributed by atoms with E-state index in [0.717, 1.165) is 16.8 Å². The third kappa shape index (κ3) is 5.34. The molecule has 0 aromatic heterocycles. The average Bonchev–Trinajstić information content (AvgIpc) is 3.15. The van der Waals surface area contributed by atoms with Crippen LogP contribution in [0.25, 0.3) is 6.08 Å². The minimum atomic E-state index is -0.823. The number of amides is 1. The van der Waals surface area contributed by atoms with Crippen molar-refractivity contribution in [3.05, 3.63) is 105 Å². The van der Waals surface area contributed by atoms with E-state index >= 15 is 0 Å². The molecule has 1 saturated heterocycles. The molecule has 33 heavy (non-hydrogen) atoms. The zero-order chi connectivity index (χ0) is 23.4. The van der Waals surface area contributed by atoms with Gasteiger partial charge in [0, 0.05) is 6.07 Å². The number of hydrogen-bond donors (Lipinski definition) is 1. The fraction of sp³-hybridized carbons (Fsp3) is 0.0417. The molecule has 1 amide bonds. The Kier molecular flexibility index (Phi) is 6.32. The number of nitro benzene ring substituents is 1. The topological polar surface area (TPSA) is 111 Å². The number of para-hydroxylation sites is 1. The summed E-state index contributed by atoms with van der Waals surface area (Å²) in [6.07, 6.45) is 1.70. The van der Waals surface area contributed by atoms with E-state index in [2.05, 4.69) is 10.3 Å². The Bertz CT molecular complexity index is 1300. The predicted molar refractivity (Wildman–Crippen MR) is 126 cm³/mol. The zero-order valence-corrected chi connectivity index (χ0v) is 18.2. The van der Waals surface area contributed by atoms with Crippen molar-refractivity contribution in [2.75, 3.05) is 0 Å². The van der Waals surface area contributed by atoms with Crippen LogP contribution >= 0.6 is 11.8 Å². The number of ether oxygens (including phenoxy) is 1. The van der Waals surface area contributed by atoms with Gasteiger partial charge in [-0.25, -0.2) is 9.79 Å². The van der Waals surface area contributed by atoms with Gasteiger partial charge in [-0.3, -0.25) is 14.9 Å². The highest BCUT2D eigenvalue weighted by molar-refractivity contribution is 8.18. The van der Waals surface area contributed by atoms with E-state index in [1.54, 1.807) is 30.3 Å². The largest absolute Gasteiger partial charge is 0.423 e. The molecule has 1 aliphatic heterocycles. The van der Waals surface area contributed by atoms with E-state index in [9.17, 15) is 19.7 Å². The number of amidine groups is 1. The van der Waals surface area contributed by atoms with Crippen LogP contribution in [0.4, 0.5) is 11.4 Å². The molecule has 8 nitrogen and oxygen atoms in total. The molecule has 0 unspecified atom stereocenters. The van der Waals surface area contributed by atoms with E-state index in [0.29, 0.717) is 10.1 Å². The Balaban J connectivity index is 1.45. The molecule has 4 rings (SSSR count). The number of thioether (sulfide) groups is 1. The Morgan fingerprint density at radius 2 is 1.76 bits per heavy atom. The second kappa shape index (κ2) is 9.49. The van der Waals surface area contributed by atoms with E-state index in [-0.39, 0.29) is 22.9 Å². The summed E-state index contributed by atoms with van der Waals surface area (Å²) in [7, 11) is 0. The molecular formula is C24H17N3O5S. The third-order valence-electron chi connectivity index (χ3n) is 4.62. The SMILES string of the molecule is Cc1ccc(N=C2NC(=O)/C(=C/c3ccc(OC(=O)c4ccccc4[N+](=O)[O-])cc3)S2)cc1. The summed E-state index contributed by atoms with van der Waals surface area (Å²) in [6, 6.07) is 19.7. The lowest BCUT2D eigenvalue weighted by molar-refractivity contribution is -0.385. The van der Waals surface area contributed by atoms with Crippen molar-refractivity contribution in [1.29, 1.82) is 0 Å². The van der Waals surface area contributed by atoms with Crippen LogP contribution in [0, 0.1) is 17.0 Å². The normalized spacial score (nSPS) is 15.5. The average molecular weight is 459 g/mol. The van der Waals surface area contributed by atoms with Gasteiger partial charge in [0.05, 0.1) is 15.5 Å². The monoisotopic (exact) mass is 459 g/mol. The molecule has 1 N–H and O–H groups in total. The van der Waals surface area contributed by atoms with Gasteiger partial charge in [0.25, 0.3) is 11.6 Å². The van der Waals surface area contributed by atoms with Gasteiger partial charge in [-0.2, -0.15) is 0 Å². The molecule has 3 aromatic carbocycles. The summed E-state index contributed by atoms with van der Waals surface area (Å²) in [6.45, 7) is 1.99. The van der Waals surface area contributed by atoms with Crippen LogP contribution in [0.2, 0.25) is 0 Å². The van der Waals surface area contributed by atoms with Crippen LogP contribution in [0.15, 0.2) is 82.7 Å². The Labute approximate surface area is 193 Å². The second-order valence-corrected chi connectivity index (χ2v) is 8.08. The summed E-state index contributed by atoms with van der Waals surface area (Å²) in [5.41, 5.74) is 2.13. The van der Waals surface area contributed by atoms with Crippen molar-refractivity contribution in [1.82, 2.24) is 5.32 Å². The number of carbonyl (C=O) groups is 2. The molecular weight excluding hydrogens is 442 g/mol. The fourth-order valence-electron chi connectivity index (χ4n) is 2.97. The van der Waals surface area contributed by atoms with Gasteiger partial charge in [0.1, 0.15) is 11.3 Å². The fourth-order valence-corrected chi connectivity index (χ4v) is 3.81. The number of esters is 1. The molecule has 0 saturated carbocycles. The standard InChI is InChI=1S/C24H17N3O5S/c1-15-6-10-17(11-7-15)25-24-26-22(28)21(33-24)14-16-8-12-18(13-9-16)32-23(29)19-4-2-3-5-20(19)27(30)31/h2-14H,1H3,(H,25,26,28)/b21-14-. The number of aryl methyl sites for hydroxylation is 1. The van der Waals surface area contributed by atoms with Crippen molar-refractivity contribution in [2.45, 2.75) is 6.92 Å². The Hall–Kier alpha value is -4.24. The lowest BCUT2D eigenvalue weighted by Gasteiger charge is -2.05. The van der Waals surface area contributed by atoms with Gasteiger partial charge < -0.3 is 10.1 Å². The van der Waals surface area contributed by atoms with Crippen LogP contribution in [0.5, 0.6) is 5.75 Å². The molecule has 1 fully saturated rings. The number of nitrogens with one attached hydrogen (secondary N) is 1. The van der Waals surface area contributed by atoms with Crippen LogP contribution in [0.1, 0.15) is 21.5 Å². The highest BCUT2D eigenvalue weighted by atomic mass is 32.2. The number of aliphatic imine (C=N–C) groups is 1. The van der Waals surface area contributed by atoms with Crippen molar-refractivity contribution in [2.24, 2.45) is 4.99 Å². The number of benzene rings is 3. The highest BCUT2D eigenvalue weighted by Crippen LogP contribution is 2.29. The first kappa shape index (κ1) is 22.0. The Morgan fingerprint density at radius 1 is 1.06 bits per heavy atom. The summed E-state index contributed by atoms with van der Waals surface area (Å²) < 4.78 is 5.26. The first-order chi connectivity index (χ1) is 15.9. The molecule has 1 aliphatic rings. The van der Waals surface area contributed by atoms with Crippen molar-refractivity contribution in [3.63, 3.8) is 0 Å². The highest BCUT2D eigenvalue weighted by Gasteiger charge is 2.24. The van der Waals surface area contributed by atoms with Gasteiger partial charge in [0.15, 0.2) is 5.17 Å². The first-order valence-corrected chi connectivity index (χ1v) is 10.6. The summed E-state index contributed by atoms with van der Waals surface area (Å²) in [5, 5.41) is 14.3. The number of rotatable bonds is 5. The zero-order valence-electron chi connectivity index (χ0n) is 17.3. The van der Waals surface area contributed by atoms with E-state index in [1.165, 1.54) is 36.0 Å². The number of hydrogen-bond acceptors (Lipinski definition) is 7. The van der Waals surface area contributed by atoms with Crippen LogP contribution < -0.4 is 10.1 Å². The maximum absolute atomic E-state index is 12.3. The molecule has 0 spiro atoms. The summed E-state index contributed by atoms with van der Waals surface area (Å²) >= 11 is 1.23. The predicted octanol–water partition coefficient (Wildman–Crippen LogP) is 5.01. The number of nitrogens with zero attached hydrogens (tertiary/aromatic N) is 2. The van der Waals surface area contributed by atoms with Gasteiger partial charge in [0.2, 0.25) is 0 Å².